The van der Waals surface area contributed by atoms with Gasteiger partial charge in [0.1, 0.15) is 18.5 Å². The molecule has 120 valence electrons. The van der Waals surface area contributed by atoms with Gasteiger partial charge in [-0.1, -0.05) is 26.0 Å². The minimum atomic E-state index is -0.603. The van der Waals surface area contributed by atoms with Crippen LogP contribution < -0.4 is 10.1 Å². The molecule has 0 fully saturated rings. The number of nitrogens with one attached hydrogen (secondary N) is 1. The van der Waals surface area contributed by atoms with E-state index in [4.69, 9.17) is 4.74 Å². The van der Waals surface area contributed by atoms with Gasteiger partial charge >= 0.3 is 0 Å². The number of aliphatic hydroxyl groups excluding tert-OH is 2. The number of hydrogen-bond acceptors (Lipinski definition) is 4. The van der Waals surface area contributed by atoms with E-state index in [-0.39, 0.29) is 18.8 Å². The molecule has 1 aromatic rings. The van der Waals surface area contributed by atoms with Crippen LogP contribution in [0.5, 0.6) is 5.75 Å². The first-order valence-corrected chi connectivity index (χ1v) is 7.70. The van der Waals surface area contributed by atoms with E-state index in [1.165, 1.54) is 0 Å². The van der Waals surface area contributed by atoms with Gasteiger partial charge in [0, 0.05) is 12.1 Å². The zero-order valence-corrected chi connectivity index (χ0v) is 13.6. The van der Waals surface area contributed by atoms with Gasteiger partial charge in [-0.25, -0.2) is 0 Å². The van der Waals surface area contributed by atoms with E-state index < -0.39 is 6.10 Å². The molecule has 1 rings (SSSR count). The van der Waals surface area contributed by atoms with Crippen molar-refractivity contribution in [2.45, 2.75) is 52.2 Å². The second-order valence-electron chi connectivity index (χ2n) is 5.76. The Morgan fingerprint density at radius 1 is 1.24 bits per heavy atom. The van der Waals surface area contributed by atoms with Crippen LogP contribution in [0.3, 0.4) is 0 Å². The molecule has 0 aliphatic carbocycles. The summed E-state index contributed by atoms with van der Waals surface area (Å²) in [6.07, 6.45) is 1.05. The van der Waals surface area contributed by atoms with Crippen LogP contribution in [0, 0.1) is 13.8 Å². The van der Waals surface area contributed by atoms with Crippen LogP contribution >= 0.6 is 0 Å². The van der Waals surface area contributed by atoms with Gasteiger partial charge < -0.3 is 20.3 Å². The molecule has 0 amide bonds. The van der Waals surface area contributed by atoms with Crippen molar-refractivity contribution >= 4 is 0 Å². The quantitative estimate of drug-likeness (QED) is 0.653. The van der Waals surface area contributed by atoms with Gasteiger partial charge in [0.25, 0.3) is 0 Å². The van der Waals surface area contributed by atoms with Crippen LogP contribution in [0.4, 0.5) is 0 Å². The van der Waals surface area contributed by atoms with Gasteiger partial charge in [-0.15, -0.1) is 0 Å². The summed E-state index contributed by atoms with van der Waals surface area (Å²) in [5.41, 5.74) is 1.90. The van der Waals surface area contributed by atoms with E-state index in [2.05, 4.69) is 5.32 Å². The predicted octanol–water partition coefficient (Wildman–Crippen LogP) is 2.18. The molecule has 0 saturated heterocycles. The Labute approximate surface area is 128 Å². The Morgan fingerprint density at radius 2 is 1.90 bits per heavy atom. The molecule has 4 heteroatoms. The van der Waals surface area contributed by atoms with Crippen molar-refractivity contribution in [2.24, 2.45) is 0 Å². The molecule has 0 saturated carbocycles. The first-order chi connectivity index (χ1) is 9.96. The molecular formula is C17H29NO3. The predicted molar refractivity (Wildman–Crippen MR) is 85.8 cm³/mol. The van der Waals surface area contributed by atoms with Gasteiger partial charge in [0.05, 0.1) is 6.61 Å². The average Bonchev–Trinajstić information content (AvgIpc) is 2.50. The summed E-state index contributed by atoms with van der Waals surface area (Å²) in [6.45, 7) is 8.80. The SMILES string of the molecule is CCC(CC)(CO)NCC(O)COc1cc(C)ccc1C. The largest absolute Gasteiger partial charge is 0.491 e. The number of aryl methyl sites for hydroxylation is 2. The molecule has 1 aromatic carbocycles. The second-order valence-corrected chi connectivity index (χ2v) is 5.76. The lowest BCUT2D eigenvalue weighted by Gasteiger charge is -2.32. The number of benzene rings is 1. The average molecular weight is 295 g/mol. The summed E-state index contributed by atoms with van der Waals surface area (Å²) in [5, 5.41) is 22.8. The van der Waals surface area contributed by atoms with E-state index in [1.807, 2.05) is 45.9 Å². The van der Waals surface area contributed by atoms with E-state index in [0.29, 0.717) is 6.54 Å². The van der Waals surface area contributed by atoms with Crippen LogP contribution in [0.2, 0.25) is 0 Å². The second kappa shape index (κ2) is 8.37. The summed E-state index contributed by atoms with van der Waals surface area (Å²) < 4.78 is 5.69. The highest BCUT2D eigenvalue weighted by molar-refractivity contribution is 5.35. The van der Waals surface area contributed by atoms with Crippen molar-refractivity contribution in [1.82, 2.24) is 5.32 Å². The highest BCUT2D eigenvalue weighted by Gasteiger charge is 2.25. The smallest absolute Gasteiger partial charge is 0.122 e. The standard InChI is InChI=1S/C17H29NO3/c1-5-17(6-2,12-19)18-10-15(20)11-21-16-9-13(3)7-8-14(16)4/h7-9,15,18-20H,5-6,10-12H2,1-4H3. The van der Waals surface area contributed by atoms with Gasteiger partial charge in [0.15, 0.2) is 0 Å². The Morgan fingerprint density at radius 3 is 2.48 bits per heavy atom. The fourth-order valence-corrected chi connectivity index (χ4v) is 2.22. The van der Waals surface area contributed by atoms with E-state index in [0.717, 1.165) is 29.7 Å². The molecule has 0 heterocycles. The molecule has 1 unspecified atom stereocenters. The summed E-state index contributed by atoms with van der Waals surface area (Å²) >= 11 is 0. The van der Waals surface area contributed by atoms with E-state index in [9.17, 15) is 10.2 Å². The lowest BCUT2D eigenvalue weighted by atomic mass is 9.94. The molecule has 0 aliphatic heterocycles. The topological polar surface area (TPSA) is 61.7 Å². The fourth-order valence-electron chi connectivity index (χ4n) is 2.22. The highest BCUT2D eigenvalue weighted by Crippen LogP contribution is 2.19. The normalized spacial score (nSPS) is 13.2. The molecular weight excluding hydrogens is 266 g/mol. The van der Waals surface area contributed by atoms with Crippen LogP contribution in [0.15, 0.2) is 18.2 Å². The molecule has 0 aliphatic rings. The van der Waals surface area contributed by atoms with Crippen molar-refractivity contribution in [3.8, 4) is 5.75 Å². The monoisotopic (exact) mass is 295 g/mol. The number of hydrogen-bond donors (Lipinski definition) is 3. The lowest BCUT2D eigenvalue weighted by molar-refractivity contribution is 0.0810. The molecule has 0 bridgehead atoms. The van der Waals surface area contributed by atoms with Crippen molar-refractivity contribution in [3.05, 3.63) is 29.3 Å². The molecule has 21 heavy (non-hydrogen) atoms. The summed E-state index contributed by atoms with van der Waals surface area (Å²) in [4.78, 5) is 0. The van der Waals surface area contributed by atoms with Gasteiger partial charge in [-0.2, -0.15) is 0 Å². The summed E-state index contributed by atoms with van der Waals surface area (Å²) in [5.74, 6) is 0.813. The fraction of sp³-hybridized carbons (Fsp3) is 0.647. The Hall–Kier alpha value is -1.10. The number of β-amino-alcohol motifs (C(OH)–C–C–N with tert-alkyl or cyclic N) is 1. The number of ether oxygens (including phenoxy) is 1. The lowest BCUT2D eigenvalue weighted by Crippen LogP contribution is -2.50. The number of rotatable bonds is 9. The van der Waals surface area contributed by atoms with Crippen molar-refractivity contribution in [1.29, 1.82) is 0 Å². The van der Waals surface area contributed by atoms with Crippen molar-refractivity contribution in [3.63, 3.8) is 0 Å². The summed E-state index contributed by atoms with van der Waals surface area (Å²) in [6, 6.07) is 6.03. The highest BCUT2D eigenvalue weighted by atomic mass is 16.5. The van der Waals surface area contributed by atoms with Gasteiger partial charge in [-0.3, -0.25) is 0 Å². The van der Waals surface area contributed by atoms with Gasteiger partial charge in [-0.05, 0) is 43.9 Å². The minimum absolute atomic E-state index is 0.0740. The minimum Gasteiger partial charge on any atom is -0.491 e. The Kier molecular flexibility index (Phi) is 7.15. The maximum atomic E-state index is 10.1. The molecule has 0 aromatic heterocycles. The maximum Gasteiger partial charge on any atom is 0.122 e. The zero-order chi connectivity index (χ0) is 15.9. The van der Waals surface area contributed by atoms with Crippen LogP contribution in [0.25, 0.3) is 0 Å². The van der Waals surface area contributed by atoms with Crippen LogP contribution in [-0.4, -0.2) is 41.6 Å². The van der Waals surface area contributed by atoms with Crippen molar-refractivity contribution < 1.29 is 14.9 Å². The van der Waals surface area contributed by atoms with E-state index >= 15 is 0 Å². The molecule has 3 N–H and O–H groups in total. The maximum absolute atomic E-state index is 10.1. The third-order valence-corrected chi connectivity index (χ3v) is 4.14. The first-order valence-electron chi connectivity index (χ1n) is 7.70. The Balaban J connectivity index is 2.47. The third kappa shape index (κ3) is 5.30. The molecule has 0 spiro atoms. The zero-order valence-electron chi connectivity index (χ0n) is 13.6. The van der Waals surface area contributed by atoms with Crippen molar-refractivity contribution in [2.75, 3.05) is 19.8 Å². The van der Waals surface area contributed by atoms with E-state index in [1.54, 1.807) is 0 Å². The summed E-state index contributed by atoms with van der Waals surface area (Å²) in [7, 11) is 0. The Bertz CT molecular complexity index is 422. The number of aliphatic hydroxyl groups is 2. The molecule has 4 nitrogen and oxygen atoms in total. The van der Waals surface area contributed by atoms with Gasteiger partial charge in [0.2, 0.25) is 0 Å². The molecule has 1 atom stereocenters. The third-order valence-electron chi connectivity index (χ3n) is 4.14. The first kappa shape index (κ1) is 18.0. The van der Waals surface area contributed by atoms with Crippen LogP contribution in [0.1, 0.15) is 37.8 Å². The molecule has 0 radical (unpaired) electrons. The van der Waals surface area contributed by atoms with Crippen LogP contribution in [-0.2, 0) is 0 Å².